The summed E-state index contributed by atoms with van der Waals surface area (Å²) in [4.78, 5) is 4.48. The molecule has 2 aromatic heterocycles. The van der Waals surface area contributed by atoms with Crippen LogP contribution in [0.5, 0.6) is 5.75 Å². The highest BCUT2D eigenvalue weighted by Crippen LogP contribution is 2.19. The Labute approximate surface area is 111 Å². The van der Waals surface area contributed by atoms with Crippen molar-refractivity contribution in [3.8, 4) is 5.75 Å². The van der Waals surface area contributed by atoms with Crippen molar-refractivity contribution in [2.75, 3.05) is 5.73 Å². The highest BCUT2D eigenvalue weighted by Gasteiger charge is 2.09. The molecule has 2 heterocycles. The zero-order chi connectivity index (χ0) is 13.2. The highest BCUT2D eigenvalue weighted by molar-refractivity contribution is 5.57. The summed E-state index contributed by atoms with van der Waals surface area (Å²) in [5, 5.41) is 0. The van der Waals surface area contributed by atoms with E-state index in [1.54, 1.807) is 0 Å². The van der Waals surface area contributed by atoms with Crippen LogP contribution < -0.4 is 10.5 Å². The SMILES string of the molecule is Cc1nc2c(COc3ccccc3)cccn2c1N. The van der Waals surface area contributed by atoms with Gasteiger partial charge >= 0.3 is 0 Å². The molecule has 1 aromatic carbocycles. The van der Waals surface area contributed by atoms with Crippen molar-refractivity contribution in [1.82, 2.24) is 9.38 Å². The zero-order valence-electron chi connectivity index (χ0n) is 10.7. The van der Waals surface area contributed by atoms with Gasteiger partial charge in [-0.15, -0.1) is 0 Å². The number of nitrogens with zero attached hydrogens (tertiary/aromatic N) is 2. The topological polar surface area (TPSA) is 52.5 Å². The number of nitrogen functional groups attached to an aromatic ring is 1. The fourth-order valence-electron chi connectivity index (χ4n) is 2.05. The van der Waals surface area contributed by atoms with Crippen molar-refractivity contribution in [2.24, 2.45) is 0 Å². The standard InChI is InChI=1S/C15H15N3O/c1-11-14(16)18-9-5-6-12(15(18)17-11)10-19-13-7-3-2-4-8-13/h2-9H,10,16H2,1H3. The maximum absolute atomic E-state index is 5.97. The van der Waals surface area contributed by atoms with Gasteiger partial charge in [-0.2, -0.15) is 0 Å². The van der Waals surface area contributed by atoms with Crippen LogP contribution >= 0.6 is 0 Å². The Morgan fingerprint density at radius 2 is 1.95 bits per heavy atom. The molecule has 4 heteroatoms. The van der Waals surface area contributed by atoms with Crippen LogP contribution in [0, 0.1) is 6.92 Å². The molecule has 0 fully saturated rings. The number of aromatic nitrogens is 2. The molecule has 0 bridgehead atoms. The van der Waals surface area contributed by atoms with Crippen LogP contribution in [0.1, 0.15) is 11.3 Å². The molecule has 0 amide bonds. The largest absolute Gasteiger partial charge is 0.489 e. The first-order chi connectivity index (χ1) is 9.25. The van der Waals surface area contributed by atoms with Crippen molar-refractivity contribution in [2.45, 2.75) is 13.5 Å². The average molecular weight is 253 g/mol. The molecule has 0 aliphatic carbocycles. The number of imidazole rings is 1. The molecular formula is C15H15N3O. The summed E-state index contributed by atoms with van der Waals surface area (Å²) >= 11 is 0. The van der Waals surface area contributed by atoms with Gasteiger partial charge in [-0.3, -0.25) is 4.40 Å². The lowest BCUT2D eigenvalue weighted by Gasteiger charge is -2.07. The lowest BCUT2D eigenvalue weighted by molar-refractivity contribution is 0.307. The fourth-order valence-corrected chi connectivity index (χ4v) is 2.05. The first-order valence-corrected chi connectivity index (χ1v) is 6.15. The predicted octanol–water partition coefficient (Wildman–Crippen LogP) is 2.80. The average Bonchev–Trinajstić information content (AvgIpc) is 2.74. The molecule has 0 aliphatic heterocycles. The molecule has 0 unspecified atom stereocenters. The van der Waals surface area contributed by atoms with Gasteiger partial charge in [-0.1, -0.05) is 24.3 Å². The first-order valence-electron chi connectivity index (χ1n) is 6.15. The van der Waals surface area contributed by atoms with E-state index < -0.39 is 0 Å². The van der Waals surface area contributed by atoms with Gasteiger partial charge in [0.1, 0.15) is 23.8 Å². The molecule has 0 atom stereocenters. The zero-order valence-corrected chi connectivity index (χ0v) is 10.7. The molecule has 0 spiro atoms. The van der Waals surface area contributed by atoms with Gasteiger partial charge in [0.05, 0.1) is 5.69 Å². The van der Waals surface area contributed by atoms with Crippen LogP contribution in [0.4, 0.5) is 5.82 Å². The van der Waals surface area contributed by atoms with Crippen molar-refractivity contribution in [3.05, 3.63) is 59.9 Å². The molecule has 2 N–H and O–H groups in total. The Morgan fingerprint density at radius 3 is 2.74 bits per heavy atom. The molecule has 0 saturated heterocycles. The van der Waals surface area contributed by atoms with Gasteiger partial charge in [0, 0.05) is 11.8 Å². The Balaban J connectivity index is 1.91. The second-order valence-electron chi connectivity index (χ2n) is 4.41. The summed E-state index contributed by atoms with van der Waals surface area (Å²) in [7, 11) is 0. The number of hydrogen-bond acceptors (Lipinski definition) is 3. The first kappa shape index (κ1) is 11.6. The smallest absolute Gasteiger partial charge is 0.145 e. The number of para-hydroxylation sites is 1. The number of hydrogen-bond donors (Lipinski definition) is 1. The summed E-state index contributed by atoms with van der Waals surface area (Å²) in [5.41, 5.74) is 8.69. The van der Waals surface area contributed by atoms with Gasteiger partial charge in [0.25, 0.3) is 0 Å². The Morgan fingerprint density at radius 1 is 1.16 bits per heavy atom. The third-order valence-corrected chi connectivity index (χ3v) is 3.09. The van der Waals surface area contributed by atoms with E-state index in [-0.39, 0.29) is 0 Å². The predicted molar refractivity (Wildman–Crippen MR) is 75.1 cm³/mol. The number of benzene rings is 1. The molecule has 96 valence electrons. The van der Waals surface area contributed by atoms with Crippen molar-refractivity contribution >= 4 is 11.5 Å². The van der Waals surface area contributed by atoms with Gasteiger partial charge in [0.2, 0.25) is 0 Å². The molecule has 0 saturated carbocycles. The van der Waals surface area contributed by atoms with E-state index >= 15 is 0 Å². The van der Waals surface area contributed by atoms with Crippen molar-refractivity contribution in [3.63, 3.8) is 0 Å². The molecule has 3 aromatic rings. The van der Waals surface area contributed by atoms with Gasteiger partial charge < -0.3 is 10.5 Å². The number of nitrogens with two attached hydrogens (primary N) is 1. The maximum Gasteiger partial charge on any atom is 0.145 e. The van der Waals surface area contributed by atoms with Crippen LogP contribution in [-0.4, -0.2) is 9.38 Å². The highest BCUT2D eigenvalue weighted by atomic mass is 16.5. The van der Waals surface area contributed by atoms with Crippen LogP contribution in [0.3, 0.4) is 0 Å². The minimum absolute atomic E-state index is 0.476. The third kappa shape index (κ3) is 2.12. The van der Waals surface area contributed by atoms with Crippen LogP contribution in [0.15, 0.2) is 48.7 Å². The molecular weight excluding hydrogens is 238 g/mol. The Bertz CT molecular complexity index is 704. The molecule has 0 aliphatic rings. The van der Waals surface area contributed by atoms with E-state index in [1.165, 1.54) is 0 Å². The second-order valence-corrected chi connectivity index (χ2v) is 4.41. The summed E-state index contributed by atoms with van der Waals surface area (Å²) in [6, 6.07) is 13.7. The number of ether oxygens (including phenoxy) is 1. The lowest BCUT2D eigenvalue weighted by atomic mass is 10.3. The summed E-state index contributed by atoms with van der Waals surface area (Å²) in [6.45, 7) is 2.38. The molecule has 0 radical (unpaired) electrons. The lowest BCUT2D eigenvalue weighted by Crippen LogP contribution is -2.00. The normalized spacial score (nSPS) is 10.8. The summed E-state index contributed by atoms with van der Waals surface area (Å²) < 4.78 is 7.64. The number of fused-ring (bicyclic) bond motifs is 1. The third-order valence-electron chi connectivity index (χ3n) is 3.09. The minimum atomic E-state index is 0.476. The number of aryl methyl sites for hydroxylation is 1. The van der Waals surface area contributed by atoms with Crippen LogP contribution in [0.25, 0.3) is 5.65 Å². The van der Waals surface area contributed by atoms with Crippen LogP contribution in [-0.2, 0) is 6.61 Å². The van der Waals surface area contributed by atoms with E-state index in [1.807, 2.05) is 60.0 Å². The minimum Gasteiger partial charge on any atom is -0.489 e. The van der Waals surface area contributed by atoms with Gasteiger partial charge in [-0.25, -0.2) is 4.98 Å². The molecule has 4 nitrogen and oxygen atoms in total. The monoisotopic (exact) mass is 253 g/mol. The number of pyridine rings is 1. The van der Waals surface area contributed by atoms with E-state index in [2.05, 4.69) is 4.98 Å². The summed E-state index contributed by atoms with van der Waals surface area (Å²) in [5.74, 6) is 1.53. The Hall–Kier alpha value is -2.49. The van der Waals surface area contributed by atoms with E-state index in [0.29, 0.717) is 12.4 Å². The molecule has 3 rings (SSSR count). The quantitative estimate of drug-likeness (QED) is 0.781. The Kier molecular flexibility index (Phi) is 2.83. The van der Waals surface area contributed by atoms with E-state index in [4.69, 9.17) is 10.5 Å². The molecule has 19 heavy (non-hydrogen) atoms. The maximum atomic E-state index is 5.97. The van der Waals surface area contributed by atoms with Gasteiger partial charge in [0.15, 0.2) is 0 Å². The van der Waals surface area contributed by atoms with E-state index in [9.17, 15) is 0 Å². The number of anilines is 1. The summed E-state index contributed by atoms with van der Waals surface area (Å²) in [6.07, 6.45) is 1.91. The van der Waals surface area contributed by atoms with Crippen molar-refractivity contribution in [1.29, 1.82) is 0 Å². The fraction of sp³-hybridized carbons (Fsp3) is 0.133. The van der Waals surface area contributed by atoms with Crippen LogP contribution in [0.2, 0.25) is 0 Å². The second kappa shape index (κ2) is 4.65. The number of rotatable bonds is 3. The van der Waals surface area contributed by atoms with Gasteiger partial charge in [-0.05, 0) is 25.1 Å². The van der Waals surface area contributed by atoms with Crippen molar-refractivity contribution < 1.29 is 4.74 Å². The van der Waals surface area contributed by atoms with E-state index in [0.717, 1.165) is 22.7 Å².